The lowest BCUT2D eigenvalue weighted by molar-refractivity contribution is 0.734. The average Bonchev–Trinajstić information content (AvgIpc) is 2.75. The first kappa shape index (κ1) is 22.1. The first-order valence-electron chi connectivity index (χ1n) is 11.2. The Hall–Kier alpha value is -2.58. The highest BCUT2D eigenvalue weighted by Gasteiger charge is 2.24. The van der Waals surface area contributed by atoms with Crippen LogP contribution in [0.3, 0.4) is 0 Å². The van der Waals surface area contributed by atoms with Crippen LogP contribution in [0.25, 0.3) is 16.7 Å². The zero-order valence-electron chi connectivity index (χ0n) is 19.4. The minimum atomic E-state index is 0.0181. The Morgan fingerprint density at radius 2 is 1.73 bits per heavy atom. The number of anilines is 1. The third-order valence-electron chi connectivity index (χ3n) is 6.56. The molecule has 2 aromatic carbocycles. The van der Waals surface area contributed by atoms with Crippen LogP contribution < -0.4 is 11.1 Å². The molecular weight excluding hydrogens is 364 g/mol. The smallest absolute Gasteiger partial charge is 0.0470 e. The Labute approximate surface area is 182 Å². The topological polar surface area (TPSA) is 38.0 Å². The van der Waals surface area contributed by atoms with E-state index in [1.54, 1.807) is 0 Å². The highest BCUT2D eigenvalue weighted by Crippen LogP contribution is 2.44. The lowest BCUT2D eigenvalue weighted by atomic mass is 9.82. The van der Waals surface area contributed by atoms with Gasteiger partial charge in [0, 0.05) is 23.0 Å². The normalized spacial score (nSPS) is 16.2. The van der Waals surface area contributed by atoms with E-state index in [4.69, 9.17) is 5.73 Å². The van der Waals surface area contributed by atoms with Gasteiger partial charge < -0.3 is 11.1 Å². The molecule has 0 aliphatic carbocycles. The van der Waals surface area contributed by atoms with Gasteiger partial charge in [-0.25, -0.2) is 0 Å². The average molecular weight is 401 g/mol. The molecule has 0 amide bonds. The van der Waals surface area contributed by atoms with Crippen LogP contribution in [0.15, 0.2) is 65.9 Å². The number of rotatable bonds is 6. The summed E-state index contributed by atoms with van der Waals surface area (Å²) in [5.41, 5.74) is 18.4. The van der Waals surface area contributed by atoms with Gasteiger partial charge in [0.2, 0.25) is 0 Å². The fourth-order valence-electron chi connectivity index (χ4n) is 4.01. The summed E-state index contributed by atoms with van der Waals surface area (Å²) in [6, 6.07) is 13.6. The van der Waals surface area contributed by atoms with E-state index in [1.807, 2.05) is 6.92 Å². The molecule has 30 heavy (non-hydrogen) atoms. The third-order valence-corrected chi connectivity index (χ3v) is 6.56. The number of aryl methyl sites for hydroxylation is 1. The van der Waals surface area contributed by atoms with Crippen LogP contribution >= 0.6 is 0 Å². The third kappa shape index (κ3) is 4.15. The van der Waals surface area contributed by atoms with Gasteiger partial charge in [-0.3, -0.25) is 0 Å². The van der Waals surface area contributed by atoms with E-state index < -0.39 is 0 Å². The Kier molecular flexibility index (Phi) is 6.67. The van der Waals surface area contributed by atoms with Gasteiger partial charge in [-0.1, -0.05) is 69.3 Å². The standard InChI is InChI=1S/C28H36N2/c1-8-17(3)23-10-12-24(13-11-23)27-22(9-2)14-15-26-28(27)25(16-18(4)20(6)29)19(5)21(7)30-26/h10-17,20,30H,7-9,29H2,1-6H3/b18-16+/t17-,20?/m0/s1. The first-order chi connectivity index (χ1) is 14.3. The molecule has 2 atom stereocenters. The van der Waals surface area contributed by atoms with Crippen molar-refractivity contribution in [1.82, 2.24) is 0 Å². The van der Waals surface area contributed by atoms with Gasteiger partial charge in [-0.15, -0.1) is 0 Å². The van der Waals surface area contributed by atoms with Crippen molar-refractivity contribution < 1.29 is 0 Å². The summed E-state index contributed by atoms with van der Waals surface area (Å²) in [7, 11) is 0. The second-order valence-electron chi connectivity index (χ2n) is 8.63. The number of fused-ring (bicyclic) bond motifs is 1. The summed E-state index contributed by atoms with van der Waals surface area (Å²) in [5, 5.41) is 3.53. The van der Waals surface area contributed by atoms with E-state index in [0.29, 0.717) is 5.92 Å². The molecule has 1 aliphatic heterocycles. The lowest BCUT2D eigenvalue weighted by Crippen LogP contribution is -2.17. The van der Waals surface area contributed by atoms with Crippen molar-refractivity contribution in [3.8, 4) is 11.1 Å². The highest BCUT2D eigenvalue weighted by atomic mass is 14.9. The molecule has 1 aliphatic rings. The van der Waals surface area contributed by atoms with Crippen LogP contribution in [0.1, 0.15) is 70.6 Å². The van der Waals surface area contributed by atoms with E-state index in [9.17, 15) is 0 Å². The van der Waals surface area contributed by atoms with Crippen LogP contribution in [-0.4, -0.2) is 6.04 Å². The van der Waals surface area contributed by atoms with Crippen LogP contribution in [0.4, 0.5) is 5.69 Å². The Morgan fingerprint density at radius 1 is 1.07 bits per heavy atom. The molecule has 0 bridgehead atoms. The lowest BCUT2D eigenvalue weighted by Gasteiger charge is -2.28. The van der Waals surface area contributed by atoms with Gasteiger partial charge in [0.1, 0.15) is 0 Å². The van der Waals surface area contributed by atoms with E-state index in [-0.39, 0.29) is 6.04 Å². The molecule has 0 saturated carbocycles. The minimum absolute atomic E-state index is 0.0181. The van der Waals surface area contributed by atoms with Gasteiger partial charge in [0.25, 0.3) is 0 Å². The van der Waals surface area contributed by atoms with Gasteiger partial charge in [0.05, 0.1) is 0 Å². The number of nitrogens with two attached hydrogens (primary N) is 1. The van der Waals surface area contributed by atoms with Crippen LogP contribution in [0.5, 0.6) is 0 Å². The number of hydrogen-bond acceptors (Lipinski definition) is 2. The maximum atomic E-state index is 6.19. The minimum Gasteiger partial charge on any atom is -0.355 e. The zero-order valence-corrected chi connectivity index (χ0v) is 19.4. The van der Waals surface area contributed by atoms with E-state index in [0.717, 1.165) is 24.2 Å². The predicted octanol–water partition coefficient (Wildman–Crippen LogP) is 7.44. The molecule has 3 rings (SSSR count). The molecule has 0 spiro atoms. The summed E-state index contributed by atoms with van der Waals surface area (Å²) in [5.74, 6) is 0.578. The van der Waals surface area contributed by atoms with Crippen LogP contribution in [0, 0.1) is 0 Å². The van der Waals surface area contributed by atoms with E-state index >= 15 is 0 Å². The molecule has 0 saturated heterocycles. The highest BCUT2D eigenvalue weighted by molar-refractivity contribution is 5.98. The molecule has 2 nitrogen and oxygen atoms in total. The van der Waals surface area contributed by atoms with Gasteiger partial charge in [0.15, 0.2) is 0 Å². The van der Waals surface area contributed by atoms with Crippen molar-refractivity contribution >= 4 is 11.3 Å². The number of nitrogens with one attached hydrogen (secondary N) is 1. The van der Waals surface area contributed by atoms with Gasteiger partial charge in [-0.05, 0) is 79.0 Å². The molecule has 1 heterocycles. The first-order valence-corrected chi connectivity index (χ1v) is 11.2. The summed E-state index contributed by atoms with van der Waals surface area (Å²) < 4.78 is 0. The second kappa shape index (κ2) is 9.06. The Morgan fingerprint density at radius 3 is 2.30 bits per heavy atom. The second-order valence-corrected chi connectivity index (χ2v) is 8.63. The summed E-state index contributed by atoms with van der Waals surface area (Å²) >= 11 is 0. The van der Waals surface area contributed by atoms with Crippen molar-refractivity contribution in [3.63, 3.8) is 0 Å². The fourth-order valence-corrected chi connectivity index (χ4v) is 4.01. The fraction of sp³-hybridized carbons (Fsp3) is 0.357. The van der Waals surface area contributed by atoms with Crippen molar-refractivity contribution in [2.45, 2.75) is 66.3 Å². The molecule has 0 aromatic heterocycles. The van der Waals surface area contributed by atoms with Crippen molar-refractivity contribution in [2.75, 3.05) is 5.32 Å². The van der Waals surface area contributed by atoms with E-state index in [1.165, 1.54) is 44.5 Å². The van der Waals surface area contributed by atoms with Gasteiger partial charge in [-0.2, -0.15) is 0 Å². The Bertz CT molecular complexity index is 1000. The molecule has 2 aromatic rings. The molecule has 158 valence electrons. The van der Waals surface area contributed by atoms with Crippen LogP contribution in [0.2, 0.25) is 0 Å². The molecule has 3 N–H and O–H groups in total. The number of benzene rings is 2. The predicted molar refractivity (Wildman–Crippen MR) is 133 cm³/mol. The van der Waals surface area contributed by atoms with Crippen molar-refractivity contribution in [3.05, 3.63) is 82.6 Å². The summed E-state index contributed by atoms with van der Waals surface area (Å²) in [4.78, 5) is 0. The molecule has 0 fully saturated rings. The maximum Gasteiger partial charge on any atom is 0.0470 e. The van der Waals surface area contributed by atoms with E-state index in [2.05, 4.69) is 89.0 Å². The Balaban J connectivity index is 2.28. The molecule has 0 radical (unpaired) electrons. The summed E-state index contributed by atoms with van der Waals surface area (Å²) in [6.07, 6.45) is 4.39. The molecule has 2 heteroatoms. The van der Waals surface area contributed by atoms with Crippen molar-refractivity contribution in [2.24, 2.45) is 5.73 Å². The molecule has 1 unspecified atom stereocenters. The summed E-state index contributed by atoms with van der Waals surface area (Å²) in [6.45, 7) is 17.3. The molecular formula is C28H36N2. The number of allylic oxidation sites excluding steroid dienone is 3. The van der Waals surface area contributed by atoms with Gasteiger partial charge >= 0.3 is 0 Å². The zero-order chi connectivity index (χ0) is 22.0. The maximum absolute atomic E-state index is 6.19. The van der Waals surface area contributed by atoms with Crippen LogP contribution in [-0.2, 0) is 6.42 Å². The largest absolute Gasteiger partial charge is 0.355 e. The monoisotopic (exact) mass is 400 g/mol. The quantitative estimate of drug-likeness (QED) is 0.529. The van der Waals surface area contributed by atoms with Crippen molar-refractivity contribution in [1.29, 1.82) is 0 Å². The SMILES string of the molecule is C=C1Nc2ccc(CC)c(-c3ccc([C@@H](C)CC)cc3)c2C(/C=C(\C)C(C)N)=C1C. The number of hydrogen-bond donors (Lipinski definition) is 2.